The van der Waals surface area contributed by atoms with Gasteiger partial charge in [0.15, 0.2) is 0 Å². The molecule has 48 heavy (non-hydrogen) atoms. The standard InChI is InChI=1S/C35H37ClF2N4O5S/c1-35(2,3)18-42(34(45)46)23-8-6-22(7-9-23)41(33(44)31-29(36)28-24(37)10-11-25(38)30(28)48-31)17-21-15-19(5-12-27(21)47-4)20-13-14-40-26(16-20)32(39)43/h5,10-16,22-23H,6-9,17-18H2,1-4H3,(H2,39,43)(H,45,46). The van der Waals surface area contributed by atoms with Gasteiger partial charge in [-0.3, -0.25) is 14.6 Å². The van der Waals surface area contributed by atoms with Crippen molar-refractivity contribution in [3.05, 3.63) is 81.5 Å². The SMILES string of the molecule is COc1ccc(-c2ccnc(C(N)=O)c2)cc1CN(C(=O)c1sc2c(F)ccc(F)c2c1Cl)C1CCC(N(CC(C)(C)C)C(=O)O)CC1. The van der Waals surface area contributed by atoms with Crippen LogP contribution in [0.3, 0.4) is 0 Å². The van der Waals surface area contributed by atoms with Crippen molar-refractivity contribution in [2.24, 2.45) is 11.1 Å². The lowest BCUT2D eigenvalue weighted by Gasteiger charge is -2.41. The fourth-order valence-corrected chi connectivity index (χ4v) is 7.79. The van der Waals surface area contributed by atoms with E-state index in [-0.39, 0.29) is 49.7 Å². The van der Waals surface area contributed by atoms with E-state index in [9.17, 15) is 28.3 Å². The normalized spacial score (nSPS) is 16.5. The summed E-state index contributed by atoms with van der Waals surface area (Å²) in [6.45, 7) is 6.37. The number of rotatable bonds is 9. The van der Waals surface area contributed by atoms with E-state index < -0.39 is 29.5 Å². The number of hydrogen-bond donors (Lipinski definition) is 2. The summed E-state index contributed by atoms with van der Waals surface area (Å²) < 4.78 is 35.2. The van der Waals surface area contributed by atoms with Gasteiger partial charge in [-0.15, -0.1) is 11.3 Å². The summed E-state index contributed by atoms with van der Waals surface area (Å²) in [7, 11) is 1.51. The summed E-state index contributed by atoms with van der Waals surface area (Å²) in [5, 5.41) is 9.71. The molecule has 3 N–H and O–H groups in total. The predicted molar refractivity (Wildman–Crippen MR) is 182 cm³/mol. The molecule has 4 aromatic rings. The fraction of sp³-hybridized carbons (Fsp3) is 0.371. The number of carbonyl (C=O) groups is 3. The lowest BCUT2D eigenvalue weighted by atomic mass is 9.87. The van der Waals surface area contributed by atoms with Gasteiger partial charge in [-0.1, -0.05) is 38.4 Å². The van der Waals surface area contributed by atoms with Crippen molar-refractivity contribution in [1.29, 1.82) is 0 Å². The lowest BCUT2D eigenvalue weighted by Crippen LogP contribution is -2.49. The summed E-state index contributed by atoms with van der Waals surface area (Å²) in [6.07, 6.45) is 2.51. The van der Waals surface area contributed by atoms with Gasteiger partial charge < -0.3 is 25.4 Å². The number of methoxy groups -OCH3 is 1. The van der Waals surface area contributed by atoms with E-state index in [1.54, 1.807) is 23.1 Å². The number of carbonyl (C=O) groups excluding carboxylic acids is 2. The van der Waals surface area contributed by atoms with Crippen LogP contribution in [0.4, 0.5) is 13.6 Å². The third-order valence-corrected chi connectivity index (χ3v) is 10.2. The number of benzene rings is 2. The van der Waals surface area contributed by atoms with E-state index in [0.717, 1.165) is 29.0 Å². The van der Waals surface area contributed by atoms with Crippen LogP contribution in [0, 0.1) is 17.0 Å². The number of aromatic nitrogens is 1. The monoisotopic (exact) mass is 698 g/mol. The molecule has 1 fully saturated rings. The van der Waals surface area contributed by atoms with E-state index >= 15 is 0 Å². The van der Waals surface area contributed by atoms with Gasteiger partial charge in [0.05, 0.1) is 22.2 Å². The minimum atomic E-state index is -0.987. The van der Waals surface area contributed by atoms with Crippen molar-refractivity contribution in [2.75, 3.05) is 13.7 Å². The first kappa shape index (κ1) is 35.0. The van der Waals surface area contributed by atoms with Crippen LogP contribution in [0.15, 0.2) is 48.7 Å². The Bertz CT molecular complexity index is 1870. The molecular weight excluding hydrogens is 662 g/mol. The van der Waals surface area contributed by atoms with E-state index in [2.05, 4.69) is 4.98 Å². The molecule has 9 nitrogen and oxygen atoms in total. The van der Waals surface area contributed by atoms with Crippen LogP contribution in [0.5, 0.6) is 5.75 Å². The summed E-state index contributed by atoms with van der Waals surface area (Å²) in [4.78, 5) is 45.6. The van der Waals surface area contributed by atoms with Gasteiger partial charge in [-0.25, -0.2) is 13.6 Å². The molecule has 2 aromatic heterocycles. The van der Waals surface area contributed by atoms with Crippen molar-refractivity contribution in [2.45, 2.75) is 65.1 Å². The maximum Gasteiger partial charge on any atom is 0.407 e. The zero-order valence-electron chi connectivity index (χ0n) is 27.1. The van der Waals surface area contributed by atoms with Crippen LogP contribution in [0.25, 0.3) is 21.2 Å². The molecule has 1 aliphatic rings. The number of ether oxygens (including phenoxy) is 1. The second-order valence-corrected chi connectivity index (χ2v) is 14.6. The average Bonchev–Trinajstić information content (AvgIpc) is 3.41. The fourth-order valence-electron chi connectivity index (χ4n) is 6.29. The quantitative estimate of drug-likeness (QED) is 0.183. The first-order chi connectivity index (χ1) is 22.7. The molecule has 1 saturated carbocycles. The average molecular weight is 699 g/mol. The highest BCUT2D eigenvalue weighted by atomic mass is 35.5. The molecule has 5 rings (SSSR count). The highest BCUT2D eigenvalue weighted by Gasteiger charge is 2.36. The second-order valence-electron chi connectivity index (χ2n) is 13.2. The number of thiophene rings is 1. The molecule has 3 amide bonds. The van der Waals surface area contributed by atoms with Gasteiger partial charge in [-0.05, 0) is 78.6 Å². The Kier molecular flexibility index (Phi) is 10.3. The Morgan fingerprint density at radius 3 is 2.21 bits per heavy atom. The molecule has 0 unspecified atom stereocenters. The van der Waals surface area contributed by atoms with Crippen LogP contribution < -0.4 is 10.5 Å². The van der Waals surface area contributed by atoms with Gasteiger partial charge in [-0.2, -0.15) is 0 Å². The zero-order chi connectivity index (χ0) is 34.9. The first-order valence-corrected chi connectivity index (χ1v) is 16.7. The Balaban J connectivity index is 1.53. The van der Waals surface area contributed by atoms with Gasteiger partial charge in [0.2, 0.25) is 0 Å². The van der Waals surface area contributed by atoms with Gasteiger partial charge in [0, 0.05) is 36.9 Å². The van der Waals surface area contributed by atoms with Gasteiger partial charge >= 0.3 is 6.09 Å². The number of pyridine rings is 1. The van der Waals surface area contributed by atoms with Crippen molar-refractivity contribution < 1.29 is 33.0 Å². The van der Waals surface area contributed by atoms with Gasteiger partial charge in [0.1, 0.15) is 28.0 Å². The number of hydrogen-bond acceptors (Lipinski definition) is 6. The number of nitrogens with zero attached hydrogens (tertiary/aromatic N) is 3. The zero-order valence-corrected chi connectivity index (χ0v) is 28.6. The Morgan fingerprint density at radius 1 is 1.00 bits per heavy atom. The van der Waals surface area contributed by atoms with Crippen LogP contribution >= 0.6 is 22.9 Å². The minimum Gasteiger partial charge on any atom is -0.496 e. The molecule has 2 aromatic carbocycles. The highest BCUT2D eigenvalue weighted by molar-refractivity contribution is 7.21. The van der Waals surface area contributed by atoms with Crippen molar-refractivity contribution in [1.82, 2.24) is 14.8 Å². The Labute approximate surface area is 286 Å². The molecule has 0 aliphatic heterocycles. The molecule has 1 aliphatic carbocycles. The summed E-state index contributed by atoms with van der Waals surface area (Å²) >= 11 is 7.40. The third kappa shape index (κ3) is 7.39. The van der Waals surface area contributed by atoms with E-state index in [1.807, 2.05) is 32.9 Å². The summed E-state index contributed by atoms with van der Waals surface area (Å²) in [6, 6.07) is 10.1. The number of fused-ring (bicyclic) bond motifs is 1. The molecule has 0 radical (unpaired) electrons. The van der Waals surface area contributed by atoms with Crippen LogP contribution in [0.1, 0.15) is 72.2 Å². The Morgan fingerprint density at radius 2 is 1.62 bits per heavy atom. The molecular formula is C35H37ClF2N4O5S. The largest absolute Gasteiger partial charge is 0.496 e. The third-order valence-electron chi connectivity index (χ3n) is 8.54. The minimum absolute atomic E-state index is 0.00744. The number of halogens is 3. The summed E-state index contributed by atoms with van der Waals surface area (Å²) in [5.41, 5.74) is 7.33. The van der Waals surface area contributed by atoms with E-state index in [0.29, 0.717) is 49.1 Å². The predicted octanol–water partition coefficient (Wildman–Crippen LogP) is 7.98. The van der Waals surface area contributed by atoms with Crippen molar-refractivity contribution in [3.63, 3.8) is 0 Å². The molecule has 0 atom stereocenters. The number of amides is 3. The topological polar surface area (TPSA) is 126 Å². The van der Waals surface area contributed by atoms with Crippen LogP contribution in [0.2, 0.25) is 5.02 Å². The number of nitrogens with two attached hydrogens (primary N) is 1. The lowest BCUT2D eigenvalue weighted by molar-refractivity contribution is 0.0492. The molecule has 0 bridgehead atoms. The molecule has 254 valence electrons. The summed E-state index contributed by atoms with van der Waals surface area (Å²) in [5.74, 6) is -2.08. The maximum absolute atomic E-state index is 14.8. The molecule has 0 spiro atoms. The smallest absolute Gasteiger partial charge is 0.407 e. The van der Waals surface area contributed by atoms with Crippen molar-refractivity contribution in [3.8, 4) is 16.9 Å². The van der Waals surface area contributed by atoms with E-state index in [4.69, 9.17) is 22.1 Å². The molecule has 13 heteroatoms. The number of carboxylic acid groups (broad SMARTS) is 1. The van der Waals surface area contributed by atoms with Crippen molar-refractivity contribution >= 4 is 50.9 Å². The van der Waals surface area contributed by atoms with Crippen LogP contribution in [-0.2, 0) is 6.54 Å². The molecule has 0 saturated heterocycles. The maximum atomic E-state index is 14.8. The van der Waals surface area contributed by atoms with Gasteiger partial charge in [0.25, 0.3) is 11.8 Å². The van der Waals surface area contributed by atoms with Crippen LogP contribution in [-0.4, -0.2) is 63.5 Å². The first-order valence-electron chi connectivity index (χ1n) is 15.5. The highest BCUT2D eigenvalue weighted by Crippen LogP contribution is 2.41. The van der Waals surface area contributed by atoms with E-state index in [1.165, 1.54) is 18.2 Å². The number of primary amides is 1. The molecule has 2 heterocycles. The second kappa shape index (κ2) is 14.1. The Hall–Kier alpha value is -4.29.